The molecule has 0 heterocycles. The van der Waals surface area contributed by atoms with Crippen molar-refractivity contribution in [3.05, 3.63) is 58.7 Å². The molecule has 0 unspecified atom stereocenters. The summed E-state index contributed by atoms with van der Waals surface area (Å²) in [5, 5.41) is 5.64. The Kier molecular flexibility index (Phi) is 5.16. The fourth-order valence-electron chi connectivity index (χ4n) is 2.57. The molecule has 2 amide bonds. The number of rotatable bonds is 4. The standard InChI is InChI=1S/C19H22N2O2/c1-12-9-16(5-7-18(12)20-14(3)22)11-17-6-8-19(13(2)10-17)21-15(4)23/h5-10H,11H2,1-4H3,(H,20,22)(H,21,23). The van der Waals surface area contributed by atoms with Gasteiger partial charge in [-0.3, -0.25) is 9.59 Å². The maximum absolute atomic E-state index is 11.1. The molecule has 4 nitrogen and oxygen atoms in total. The van der Waals surface area contributed by atoms with Crippen molar-refractivity contribution >= 4 is 23.2 Å². The van der Waals surface area contributed by atoms with E-state index in [0.717, 1.165) is 28.9 Å². The van der Waals surface area contributed by atoms with Crippen LogP contribution in [0.1, 0.15) is 36.1 Å². The van der Waals surface area contributed by atoms with Gasteiger partial charge in [-0.2, -0.15) is 0 Å². The van der Waals surface area contributed by atoms with E-state index in [9.17, 15) is 9.59 Å². The summed E-state index contributed by atoms with van der Waals surface area (Å²) in [4.78, 5) is 22.3. The van der Waals surface area contributed by atoms with Crippen molar-refractivity contribution in [1.82, 2.24) is 0 Å². The van der Waals surface area contributed by atoms with Crippen LogP contribution in [0.5, 0.6) is 0 Å². The Hall–Kier alpha value is -2.62. The number of hydrogen-bond donors (Lipinski definition) is 2. The van der Waals surface area contributed by atoms with Crippen molar-refractivity contribution in [3.63, 3.8) is 0 Å². The number of amides is 2. The van der Waals surface area contributed by atoms with E-state index in [-0.39, 0.29) is 11.8 Å². The zero-order chi connectivity index (χ0) is 17.0. The van der Waals surface area contributed by atoms with Crippen molar-refractivity contribution in [3.8, 4) is 0 Å². The van der Waals surface area contributed by atoms with Gasteiger partial charge in [0, 0.05) is 25.2 Å². The largest absolute Gasteiger partial charge is 0.326 e. The van der Waals surface area contributed by atoms with E-state index in [4.69, 9.17) is 0 Å². The SMILES string of the molecule is CC(=O)Nc1ccc(Cc2ccc(NC(C)=O)c(C)c2)cc1C. The van der Waals surface area contributed by atoms with Crippen LogP contribution in [-0.4, -0.2) is 11.8 Å². The van der Waals surface area contributed by atoms with Gasteiger partial charge in [0.25, 0.3) is 0 Å². The molecule has 0 bridgehead atoms. The van der Waals surface area contributed by atoms with E-state index in [1.807, 2.05) is 38.1 Å². The molecule has 23 heavy (non-hydrogen) atoms. The van der Waals surface area contributed by atoms with Gasteiger partial charge >= 0.3 is 0 Å². The lowest BCUT2D eigenvalue weighted by Crippen LogP contribution is -2.07. The van der Waals surface area contributed by atoms with Crippen LogP contribution in [0.4, 0.5) is 11.4 Å². The Balaban J connectivity index is 2.16. The maximum atomic E-state index is 11.1. The molecule has 0 spiro atoms. The average Bonchev–Trinajstić information content (AvgIpc) is 2.44. The number of anilines is 2. The molecular weight excluding hydrogens is 288 g/mol. The lowest BCUT2D eigenvalue weighted by molar-refractivity contribution is -0.115. The molecule has 4 heteroatoms. The number of nitrogens with one attached hydrogen (secondary N) is 2. The second-order valence-electron chi connectivity index (χ2n) is 5.84. The molecule has 2 N–H and O–H groups in total. The molecule has 2 aromatic carbocycles. The summed E-state index contributed by atoms with van der Waals surface area (Å²) >= 11 is 0. The Morgan fingerprint density at radius 2 is 1.17 bits per heavy atom. The predicted molar refractivity (Wildman–Crippen MR) is 93.8 cm³/mol. The molecule has 0 aliphatic rings. The minimum absolute atomic E-state index is 0.0648. The van der Waals surface area contributed by atoms with Crippen molar-refractivity contribution in [2.45, 2.75) is 34.1 Å². The van der Waals surface area contributed by atoms with Crippen LogP contribution in [0.25, 0.3) is 0 Å². The number of carbonyl (C=O) groups excluding carboxylic acids is 2. The third-order valence-electron chi connectivity index (χ3n) is 3.61. The van der Waals surface area contributed by atoms with Gasteiger partial charge in [-0.1, -0.05) is 24.3 Å². The molecule has 0 saturated heterocycles. The third-order valence-corrected chi connectivity index (χ3v) is 3.61. The Morgan fingerprint density at radius 1 is 0.783 bits per heavy atom. The van der Waals surface area contributed by atoms with Crippen molar-refractivity contribution in [2.75, 3.05) is 10.6 Å². The third kappa shape index (κ3) is 4.68. The molecule has 2 aromatic rings. The predicted octanol–water partition coefficient (Wildman–Crippen LogP) is 3.81. The molecule has 0 fully saturated rings. The molecule has 2 rings (SSSR count). The highest BCUT2D eigenvalue weighted by Gasteiger charge is 2.05. The summed E-state index contributed by atoms with van der Waals surface area (Å²) in [6.45, 7) is 6.99. The van der Waals surface area contributed by atoms with Gasteiger partial charge in [-0.05, 0) is 54.7 Å². The molecular formula is C19H22N2O2. The molecule has 0 aliphatic heterocycles. The van der Waals surface area contributed by atoms with E-state index in [1.165, 1.54) is 25.0 Å². The van der Waals surface area contributed by atoms with Crippen molar-refractivity contribution in [2.24, 2.45) is 0 Å². The first-order valence-corrected chi connectivity index (χ1v) is 7.59. The lowest BCUT2D eigenvalue weighted by atomic mass is 10.00. The lowest BCUT2D eigenvalue weighted by Gasteiger charge is -2.11. The first-order valence-electron chi connectivity index (χ1n) is 7.59. The normalized spacial score (nSPS) is 10.3. The highest BCUT2D eigenvalue weighted by molar-refractivity contribution is 5.90. The van der Waals surface area contributed by atoms with E-state index < -0.39 is 0 Å². The van der Waals surface area contributed by atoms with Gasteiger partial charge < -0.3 is 10.6 Å². The molecule has 0 saturated carbocycles. The van der Waals surface area contributed by atoms with Crippen LogP contribution in [0, 0.1) is 13.8 Å². The molecule has 120 valence electrons. The molecule has 0 aromatic heterocycles. The highest BCUT2D eigenvalue weighted by Crippen LogP contribution is 2.21. The summed E-state index contributed by atoms with van der Waals surface area (Å²) in [5.74, 6) is -0.130. The topological polar surface area (TPSA) is 58.2 Å². The van der Waals surface area contributed by atoms with Crippen LogP contribution in [0.15, 0.2) is 36.4 Å². The van der Waals surface area contributed by atoms with E-state index >= 15 is 0 Å². The minimum Gasteiger partial charge on any atom is -0.326 e. The fourth-order valence-corrected chi connectivity index (χ4v) is 2.57. The zero-order valence-electron chi connectivity index (χ0n) is 14.0. The summed E-state index contributed by atoms with van der Waals surface area (Å²) in [5.41, 5.74) is 6.15. The molecule has 0 radical (unpaired) electrons. The first-order chi connectivity index (χ1) is 10.8. The van der Waals surface area contributed by atoms with Crippen LogP contribution >= 0.6 is 0 Å². The van der Waals surface area contributed by atoms with Gasteiger partial charge in [-0.25, -0.2) is 0 Å². The van der Waals surface area contributed by atoms with Crippen LogP contribution in [-0.2, 0) is 16.0 Å². The smallest absolute Gasteiger partial charge is 0.221 e. The maximum Gasteiger partial charge on any atom is 0.221 e. The summed E-state index contributed by atoms with van der Waals surface area (Å²) < 4.78 is 0. The Labute approximate surface area is 136 Å². The van der Waals surface area contributed by atoms with Crippen LogP contribution < -0.4 is 10.6 Å². The second-order valence-corrected chi connectivity index (χ2v) is 5.84. The Bertz CT molecular complexity index is 688. The number of hydrogen-bond acceptors (Lipinski definition) is 2. The zero-order valence-corrected chi connectivity index (χ0v) is 14.0. The first kappa shape index (κ1) is 16.7. The monoisotopic (exact) mass is 310 g/mol. The van der Waals surface area contributed by atoms with Gasteiger partial charge in [-0.15, -0.1) is 0 Å². The highest BCUT2D eigenvalue weighted by atomic mass is 16.2. The van der Waals surface area contributed by atoms with Crippen LogP contribution in [0.3, 0.4) is 0 Å². The van der Waals surface area contributed by atoms with Crippen molar-refractivity contribution in [1.29, 1.82) is 0 Å². The van der Waals surface area contributed by atoms with Gasteiger partial charge in [0.2, 0.25) is 11.8 Å². The number of benzene rings is 2. The Morgan fingerprint density at radius 3 is 1.48 bits per heavy atom. The summed E-state index contributed by atoms with van der Waals surface area (Å²) in [6.07, 6.45) is 0.808. The number of aryl methyl sites for hydroxylation is 2. The van der Waals surface area contributed by atoms with Gasteiger partial charge in [0.15, 0.2) is 0 Å². The summed E-state index contributed by atoms with van der Waals surface area (Å²) in [7, 11) is 0. The van der Waals surface area contributed by atoms with E-state index in [0.29, 0.717) is 0 Å². The second kappa shape index (κ2) is 7.09. The van der Waals surface area contributed by atoms with E-state index in [2.05, 4.69) is 22.8 Å². The van der Waals surface area contributed by atoms with E-state index in [1.54, 1.807) is 0 Å². The average molecular weight is 310 g/mol. The fraction of sp³-hybridized carbons (Fsp3) is 0.263. The number of carbonyl (C=O) groups is 2. The van der Waals surface area contributed by atoms with Crippen molar-refractivity contribution < 1.29 is 9.59 Å². The molecule has 0 aliphatic carbocycles. The quantitative estimate of drug-likeness (QED) is 0.902. The summed E-state index contributed by atoms with van der Waals surface area (Å²) in [6, 6.07) is 12.1. The van der Waals surface area contributed by atoms with Crippen LogP contribution in [0.2, 0.25) is 0 Å². The molecule has 0 atom stereocenters. The minimum atomic E-state index is -0.0648. The van der Waals surface area contributed by atoms with Gasteiger partial charge in [0.05, 0.1) is 0 Å². The van der Waals surface area contributed by atoms with Gasteiger partial charge in [0.1, 0.15) is 0 Å².